The first-order chi connectivity index (χ1) is 6.27. The molecule has 2 rings (SSSR count). The van der Waals surface area contributed by atoms with Gasteiger partial charge < -0.3 is 4.74 Å². The van der Waals surface area contributed by atoms with Gasteiger partial charge in [-0.3, -0.25) is 5.32 Å². The average molecular weight is 177 g/mol. The lowest BCUT2D eigenvalue weighted by Crippen LogP contribution is -2.22. The van der Waals surface area contributed by atoms with Crippen LogP contribution in [0.4, 0.5) is 0 Å². The van der Waals surface area contributed by atoms with E-state index in [0.29, 0.717) is 6.04 Å². The standard InChI is InChI=1S/C11H15NO/c1-8-5-3-4-6-10(8)11-12-9(2)7-13-11/h3-6,9,11-12H,7H2,1-2H3. The van der Waals surface area contributed by atoms with Gasteiger partial charge in [-0.05, 0) is 25.0 Å². The summed E-state index contributed by atoms with van der Waals surface area (Å²) < 4.78 is 5.62. The summed E-state index contributed by atoms with van der Waals surface area (Å²) in [6.45, 7) is 5.06. The van der Waals surface area contributed by atoms with Crippen LogP contribution in [0.25, 0.3) is 0 Å². The fraction of sp³-hybridized carbons (Fsp3) is 0.455. The van der Waals surface area contributed by atoms with E-state index in [0.717, 1.165) is 6.61 Å². The van der Waals surface area contributed by atoms with E-state index in [1.165, 1.54) is 11.1 Å². The Labute approximate surface area is 78.9 Å². The highest BCUT2D eigenvalue weighted by Gasteiger charge is 2.22. The second-order valence-electron chi connectivity index (χ2n) is 3.64. The highest BCUT2D eigenvalue weighted by atomic mass is 16.5. The van der Waals surface area contributed by atoms with Crippen molar-refractivity contribution < 1.29 is 4.74 Å². The van der Waals surface area contributed by atoms with Gasteiger partial charge in [0.05, 0.1) is 6.61 Å². The summed E-state index contributed by atoms with van der Waals surface area (Å²) in [6, 6.07) is 8.80. The molecular weight excluding hydrogens is 162 g/mol. The third kappa shape index (κ3) is 1.74. The Balaban J connectivity index is 2.21. The zero-order valence-electron chi connectivity index (χ0n) is 8.08. The van der Waals surface area contributed by atoms with Crippen molar-refractivity contribution >= 4 is 0 Å². The van der Waals surface area contributed by atoms with Crippen LogP contribution in [0.2, 0.25) is 0 Å². The number of benzene rings is 1. The molecule has 1 aromatic carbocycles. The highest BCUT2D eigenvalue weighted by molar-refractivity contribution is 5.27. The van der Waals surface area contributed by atoms with Crippen molar-refractivity contribution in [3.8, 4) is 0 Å². The van der Waals surface area contributed by atoms with Crippen molar-refractivity contribution in [2.45, 2.75) is 26.1 Å². The SMILES string of the molecule is Cc1ccccc1C1NC(C)CO1. The van der Waals surface area contributed by atoms with Gasteiger partial charge in [0.25, 0.3) is 0 Å². The van der Waals surface area contributed by atoms with E-state index < -0.39 is 0 Å². The summed E-state index contributed by atoms with van der Waals surface area (Å²) in [6.07, 6.45) is 0.0937. The first-order valence-corrected chi connectivity index (χ1v) is 4.70. The van der Waals surface area contributed by atoms with E-state index in [1.807, 2.05) is 0 Å². The van der Waals surface area contributed by atoms with E-state index in [9.17, 15) is 0 Å². The molecule has 13 heavy (non-hydrogen) atoms. The summed E-state index contributed by atoms with van der Waals surface area (Å²) in [5.74, 6) is 0. The monoisotopic (exact) mass is 177 g/mol. The van der Waals surface area contributed by atoms with Crippen molar-refractivity contribution in [1.82, 2.24) is 5.32 Å². The minimum Gasteiger partial charge on any atom is -0.357 e. The molecule has 1 N–H and O–H groups in total. The van der Waals surface area contributed by atoms with Crippen molar-refractivity contribution in [2.75, 3.05) is 6.61 Å². The van der Waals surface area contributed by atoms with Crippen LogP contribution in [0.1, 0.15) is 24.3 Å². The molecule has 1 aliphatic heterocycles. The number of ether oxygens (including phenoxy) is 1. The second kappa shape index (κ2) is 3.48. The molecular formula is C11H15NO. The number of aryl methyl sites for hydroxylation is 1. The minimum atomic E-state index is 0.0937. The Hall–Kier alpha value is -0.860. The zero-order chi connectivity index (χ0) is 9.26. The van der Waals surface area contributed by atoms with Crippen molar-refractivity contribution in [3.05, 3.63) is 35.4 Å². The van der Waals surface area contributed by atoms with Crippen molar-refractivity contribution in [3.63, 3.8) is 0 Å². The molecule has 0 radical (unpaired) electrons. The normalized spacial score (nSPS) is 27.8. The lowest BCUT2D eigenvalue weighted by atomic mass is 10.1. The predicted molar refractivity (Wildman–Crippen MR) is 52.5 cm³/mol. The maximum Gasteiger partial charge on any atom is 0.134 e. The van der Waals surface area contributed by atoms with E-state index in [-0.39, 0.29) is 6.23 Å². The summed E-state index contributed by atoms with van der Waals surface area (Å²) in [5, 5.41) is 3.39. The fourth-order valence-corrected chi connectivity index (χ4v) is 1.66. The fourth-order valence-electron chi connectivity index (χ4n) is 1.66. The van der Waals surface area contributed by atoms with E-state index in [2.05, 4.69) is 43.4 Å². The van der Waals surface area contributed by atoms with Crippen molar-refractivity contribution in [1.29, 1.82) is 0 Å². The van der Waals surface area contributed by atoms with E-state index in [1.54, 1.807) is 0 Å². The number of hydrogen-bond acceptors (Lipinski definition) is 2. The minimum absolute atomic E-state index is 0.0937. The van der Waals surface area contributed by atoms with Gasteiger partial charge in [0.2, 0.25) is 0 Å². The molecule has 1 aromatic rings. The number of nitrogens with one attached hydrogen (secondary N) is 1. The molecule has 0 aromatic heterocycles. The number of hydrogen-bond donors (Lipinski definition) is 1. The Morgan fingerprint density at radius 1 is 1.38 bits per heavy atom. The maximum atomic E-state index is 5.62. The molecule has 1 saturated heterocycles. The molecule has 2 unspecified atom stereocenters. The first kappa shape index (κ1) is 8.73. The molecule has 2 heteroatoms. The molecule has 2 nitrogen and oxygen atoms in total. The molecule has 1 fully saturated rings. The maximum absolute atomic E-state index is 5.62. The average Bonchev–Trinajstić information content (AvgIpc) is 2.53. The van der Waals surface area contributed by atoms with Gasteiger partial charge in [-0.25, -0.2) is 0 Å². The highest BCUT2D eigenvalue weighted by Crippen LogP contribution is 2.22. The second-order valence-corrected chi connectivity index (χ2v) is 3.64. The van der Waals surface area contributed by atoms with Crippen LogP contribution in [0.3, 0.4) is 0 Å². The van der Waals surface area contributed by atoms with Crippen LogP contribution in [-0.4, -0.2) is 12.6 Å². The number of rotatable bonds is 1. The van der Waals surface area contributed by atoms with Gasteiger partial charge in [0.15, 0.2) is 0 Å². The molecule has 0 aliphatic carbocycles. The predicted octanol–water partition coefficient (Wildman–Crippen LogP) is 2.00. The molecule has 0 amide bonds. The molecule has 0 spiro atoms. The zero-order valence-corrected chi connectivity index (χ0v) is 8.08. The summed E-state index contributed by atoms with van der Waals surface area (Å²) in [7, 11) is 0. The van der Waals surface area contributed by atoms with Gasteiger partial charge in [-0.1, -0.05) is 24.3 Å². The van der Waals surface area contributed by atoms with Gasteiger partial charge in [-0.2, -0.15) is 0 Å². The third-order valence-electron chi connectivity index (χ3n) is 2.42. The van der Waals surface area contributed by atoms with Gasteiger partial charge in [-0.15, -0.1) is 0 Å². The van der Waals surface area contributed by atoms with Crippen LogP contribution in [0.15, 0.2) is 24.3 Å². The van der Waals surface area contributed by atoms with E-state index >= 15 is 0 Å². The Morgan fingerprint density at radius 3 is 2.77 bits per heavy atom. The van der Waals surface area contributed by atoms with Gasteiger partial charge in [0.1, 0.15) is 6.23 Å². The van der Waals surface area contributed by atoms with E-state index in [4.69, 9.17) is 4.74 Å². The topological polar surface area (TPSA) is 21.3 Å². The molecule has 0 saturated carbocycles. The Morgan fingerprint density at radius 2 is 2.15 bits per heavy atom. The van der Waals surface area contributed by atoms with Crippen LogP contribution in [-0.2, 0) is 4.74 Å². The Kier molecular flexibility index (Phi) is 2.34. The molecule has 0 bridgehead atoms. The molecule has 1 heterocycles. The quantitative estimate of drug-likeness (QED) is 0.708. The Bertz CT molecular complexity index is 298. The molecule has 2 atom stereocenters. The van der Waals surface area contributed by atoms with Crippen LogP contribution < -0.4 is 5.32 Å². The molecule has 1 aliphatic rings. The van der Waals surface area contributed by atoms with Crippen molar-refractivity contribution in [2.24, 2.45) is 0 Å². The largest absolute Gasteiger partial charge is 0.357 e. The lowest BCUT2D eigenvalue weighted by Gasteiger charge is -2.13. The smallest absolute Gasteiger partial charge is 0.134 e. The third-order valence-corrected chi connectivity index (χ3v) is 2.42. The lowest BCUT2D eigenvalue weighted by molar-refractivity contribution is 0.100. The van der Waals surface area contributed by atoms with Gasteiger partial charge in [0, 0.05) is 6.04 Å². The van der Waals surface area contributed by atoms with Crippen LogP contribution in [0, 0.1) is 6.92 Å². The van der Waals surface area contributed by atoms with Gasteiger partial charge >= 0.3 is 0 Å². The molecule has 70 valence electrons. The summed E-state index contributed by atoms with van der Waals surface area (Å²) >= 11 is 0. The van der Waals surface area contributed by atoms with Crippen LogP contribution in [0.5, 0.6) is 0 Å². The first-order valence-electron chi connectivity index (χ1n) is 4.70. The summed E-state index contributed by atoms with van der Waals surface area (Å²) in [4.78, 5) is 0. The summed E-state index contributed by atoms with van der Waals surface area (Å²) in [5.41, 5.74) is 2.54. The van der Waals surface area contributed by atoms with Crippen LogP contribution >= 0.6 is 0 Å².